The Morgan fingerprint density at radius 1 is 1.31 bits per heavy atom. The largest absolute Gasteiger partial charge is 0.388 e. The first-order valence-corrected chi connectivity index (χ1v) is 11.1. The van der Waals surface area contributed by atoms with Gasteiger partial charge in [0.15, 0.2) is 0 Å². The number of nitrogens with one attached hydrogen (secondary N) is 1. The number of hydrogen-bond donors (Lipinski definition) is 2. The lowest BCUT2D eigenvalue weighted by molar-refractivity contribution is 0.203. The zero-order chi connectivity index (χ0) is 18.9. The normalized spacial score (nSPS) is 18.2. The third kappa shape index (κ3) is 3.97. The first-order valence-electron chi connectivity index (χ1n) is 8.46. The van der Waals surface area contributed by atoms with Crippen molar-refractivity contribution >= 4 is 33.0 Å². The molecule has 1 aromatic heterocycles. The summed E-state index contributed by atoms with van der Waals surface area (Å²) in [7, 11) is -3.79. The summed E-state index contributed by atoms with van der Waals surface area (Å²) < 4.78 is 41.2. The van der Waals surface area contributed by atoms with Gasteiger partial charge in [0.05, 0.1) is 16.0 Å². The first-order chi connectivity index (χ1) is 12.2. The molecule has 1 aliphatic rings. The Balaban J connectivity index is 1.83. The fourth-order valence-corrected chi connectivity index (χ4v) is 5.97. The van der Waals surface area contributed by atoms with Gasteiger partial charge in [-0.2, -0.15) is 0 Å². The number of thiophene rings is 1. The van der Waals surface area contributed by atoms with Gasteiger partial charge in [0.1, 0.15) is 5.82 Å². The van der Waals surface area contributed by atoms with Crippen LogP contribution in [0.4, 0.5) is 4.39 Å². The summed E-state index contributed by atoms with van der Waals surface area (Å²) in [6, 6.07) is 7.27. The highest BCUT2D eigenvalue weighted by molar-refractivity contribution is 7.89. The van der Waals surface area contributed by atoms with E-state index in [1.54, 1.807) is 6.92 Å². The van der Waals surface area contributed by atoms with E-state index in [-0.39, 0.29) is 21.9 Å². The molecule has 0 bridgehead atoms. The van der Waals surface area contributed by atoms with E-state index in [2.05, 4.69) is 4.72 Å². The summed E-state index contributed by atoms with van der Waals surface area (Å²) in [5.41, 5.74) is -0.269. The maximum atomic E-state index is 13.3. The van der Waals surface area contributed by atoms with E-state index in [1.807, 2.05) is 12.1 Å². The van der Waals surface area contributed by atoms with Crippen LogP contribution in [-0.2, 0) is 15.4 Å². The van der Waals surface area contributed by atoms with Gasteiger partial charge in [0.25, 0.3) is 0 Å². The number of aliphatic hydroxyl groups excluding tert-OH is 1. The van der Waals surface area contributed by atoms with Crippen molar-refractivity contribution in [2.45, 2.75) is 49.0 Å². The van der Waals surface area contributed by atoms with Crippen molar-refractivity contribution in [1.29, 1.82) is 0 Å². The van der Waals surface area contributed by atoms with Gasteiger partial charge in [-0.1, -0.05) is 24.4 Å². The third-order valence-electron chi connectivity index (χ3n) is 4.92. The molecule has 0 saturated heterocycles. The molecule has 1 atom stereocenters. The lowest BCUT2D eigenvalue weighted by Crippen LogP contribution is -2.38. The molecule has 8 heteroatoms. The molecule has 4 nitrogen and oxygen atoms in total. The zero-order valence-electron chi connectivity index (χ0n) is 14.3. The number of hydrogen-bond acceptors (Lipinski definition) is 4. The number of benzene rings is 1. The monoisotopic (exact) mass is 417 g/mol. The molecule has 2 N–H and O–H groups in total. The molecule has 1 heterocycles. The second kappa shape index (κ2) is 7.56. The van der Waals surface area contributed by atoms with Gasteiger partial charge < -0.3 is 5.11 Å². The lowest BCUT2D eigenvalue weighted by atomic mass is 9.85. The van der Waals surface area contributed by atoms with Crippen LogP contribution in [0.2, 0.25) is 5.02 Å². The second-order valence-electron chi connectivity index (χ2n) is 6.77. The highest BCUT2D eigenvalue weighted by atomic mass is 35.5. The Morgan fingerprint density at radius 3 is 2.58 bits per heavy atom. The summed E-state index contributed by atoms with van der Waals surface area (Å²) in [5, 5.41) is 9.56. The van der Waals surface area contributed by atoms with Gasteiger partial charge in [-0.15, -0.1) is 11.3 Å². The minimum absolute atomic E-state index is 0.0482. The molecule has 0 aliphatic heterocycles. The number of aliphatic hydroxyl groups is 1. The van der Waals surface area contributed by atoms with E-state index in [0.29, 0.717) is 0 Å². The smallest absolute Gasteiger partial charge is 0.240 e. The van der Waals surface area contributed by atoms with E-state index in [0.717, 1.165) is 47.6 Å². The molecule has 3 rings (SSSR count). The second-order valence-corrected chi connectivity index (χ2v) is 10.1. The fraction of sp³-hybridized carbons (Fsp3) is 0.444. The maximum Gasteiger partial charge on any atom is 0.240 e. The van der Waals surface area contributed by atoms with E-state index < -0.39 is 21.9 Å². The molecule has 1 fully saturated rings. The van der Waals surface area contributed by atoms with Crippen LogP contribution in [-0.4, -0.2) is 20.1 Å². The number of halogens is 2. The van der Waals surface area contributed by atoms with Gasteiger partial charge in [-0.3, -0.25) is 0 Å². The quantitative estimate of drug-likeness (QED) is 0.732. The molecule has 2 aromatic rings. The predicted molar refractivity (Wildman–Crippen MR) is 102 cm³/mol. The van der Waals surface area contributed by atoms with Crippen LogP contribution in [0, 0.1) is 5.82 Å². The molecule has 0 spiro atoms. The molecule has 0 unspecified atom stereocenters. The van der Waals surface area contributed by atoms with Crippen molar-refractivity contribution in [1.82, 2.24) is 4.72 Å². The molecular formula is C18H21ClFNO3S2. The Kier molecular flexibility index (Phi) is 5.75. The van der Waals surface area contributed by atoms with Crippen molar-refractivity contribution in [3.05, 3.63) is 50.9 Å². The highest BCUT2D eigenvalue weighted by Gasteiger charge is 2.38. The van der Waals surface area contributed by atoms with E-state index >= 15 is 0 Å². The fourth-order valence-electron chi connectivity index (χ4n) is 3.38. The first kappa shape index (κ1) is 19.8. The highest BCUT2D eigenvalue weighted by Crippen LogP contribution is 2.44. The Morgan fingerprint density at radius 2 is 2.00 bits per heavy atom. The van der Waals surface area contributed by atoms with Gasteiger partial charge >= 0.3 is 0 Å². The van der Waals surface area contributed by atoms with Crippen molar-refractivity contribution in [2.75, 3.05) is 6.54 Å². The summed E-state index contributed by atoms with van der Waals surface area (Å²) in [5.74, 6) is -0.651. The summed E-state index contributed by atoms with van der Waals surface area (Å²) in [6.45, 7) is 1.99. The minimum Gasteiger partial charge on any atom is -0.388 e. The van der Waals surface area contributed by atoms with Crippen LogP contribution < -0.4 is 4.72 Å². The number of rotatable bonds is 6. The molecular weight excluding hydrogens is 397 g/mol. The van der Waals surface area contributed by atoms with Gasteiger partial charge in [-0.25, -0.2) is 17.5 Å². The van der Waals surface area contributed by atoms with Crippen LogP contribution in [0.3, 0.4) is 0 Å². The molecule has 142 valence electrons. The Hall–Kier alpha value is -0.990. The van der Waals surface area contributed by atoms with Crippen molar-refractivity contribution in [2.24, 2.45) is 0 Å². The van der Waals surface area contributed by atoms with E-state index in [1.165, 1.54) is 17.4 Å². The minimum atomic E-state index is -3.79. The molecule has 0 radical (unpaired) electrons. The molecule has 0 amide bonds. The molecule has 1 aromatic carbocycles. The summed E-state index contributed by atoms with van der Waals surface area (Å²) in [4.78, 5) is 1.91. The molecule has 1 saturated carbocycles. The van der Waals surface area contributed by atoms with Crippen LogP contribution in [0.1, 0.15) is 48.5 Å². The van der Waals surface area contributed by atoms with Gasteiger partial charge in [0, 0.05) is 21.7 Å². The third-order valence-corrected chi connectivity index (χ3v) is 8.11. The van der Waals surface area contributed by atoms with Crippen molar-refractivity contribution < 1.29 is 17.9 Å². The Bertz CT molecular complexity index is 890. The maximum absolute atomic E-state index is 13.3. The van der Waals surface area contributed by atoms with Gasteiger partial charge in [0.2, 0.25) is 10.0 Å². The van der Waals surface area contributed by atoms with Crippen LogP contribution in [0.5, 0.6) is 0 Å². The molecule has 1 aliphatic carbocycles. The molecule has 26 heavy (non-hydrogen) atoms. The van der Waals surface area contributed by atoms with Crippen LogP contribution >= 0.6 is 22.9 Å². The average Bonchev–Trinajstić information content (AvgIpc) is 3.25. The van der Waals surface area contributed by atoms with Crippen LogP contribution in [0.15, 0.2) is 35.2 Å². The SMILES string of the molecule is C[C@@H](O)c1ccc(C2(CNS(=O)(=O)c3ccc(F)c(Cl)c3)CCCC2)s1. The average molecular weight is 418 g/mol. The lowest BCUT2D eigenvalue weighted by Gasteiger charge is -2.28. The zero-order valence-corrected chi connectivity index (χ0v) is 16.7. The Labute approximate surface area is 162 Å². The topological polar surface area (TPSA) is 66.4 Å². The standard InChI is InChI=1S/C18H21ClFNO3S2/c1-12(22)16-6-7-17(25-16)18(8-2-3-9-18)11-21-26(23,24)13-4-5-15(20)14(19)10-13/h4-7,10,12,21-22H,2-3,8-9,11H2,1H3/t12-/m1/s1. The summed E-state index contributed by atoms with van der Waals surface area (Å²) in [6.07, 6.45) is 3.31. The van der Waals surface area contributed by atoms with E-state index in [9.17, 15) is 17.9 Å². The van der Waals surface area contributed by atoms with Crippen molar-refractivity contribution in [3.8, 4) is 0 Å². The summed E-state index contributed by atoms with van der Waals surface area (Å²) >= 11 is 7.25. The predicted octanol–water partition coefficient (Wildman–Crippen LogP) is 4.38. The van der Waals surface area contributed by atoms with Crippen molar-refractivity contribution in [3.63, 3.8) is 0 Å². The van der Waals surface area contributed by atoms with Crippen LogP contribution in [0.25, 0.3) is 0 Å². The van der Waals surface area contributed by atoms with E-state index in [4.69, 9.17) is 11.6 Å². The van der Waals surface area contributed by atoms with Gasteiger partial charge in [-0.05, 0) is 50.1 Å². The number of sulfonamides is 1.